The molecule has 0 atom stereocenters. The van der Waals surface area contributed by atoms with Crippen LogP contribution in [0.4, 0.5) is 0 Å². The summed E-state index contributed by atoms with van der Waals surface area (Å²) in [4.78, 5) is 16.7. The van der Waals surface area contributed by atoms with Crippen molar-refractivity contribution in [1.29, 1.82) is 0 Å². The number of carbonyl (C=O) groups is 1. The number of hydrogen-bond acceptors (Lipinski definition) is 4. The third kappa shape index (κ3) is 3.60. The summed E-state index contributed by atoms with van der Waals surface area (Å²) in [6, 6.07) is 1.97. The highest BCUT2D eigenvalue weighted by Crippen LogP contribution is 2.15. The van der Waals surface area contributed by atoms with Crippen LogP contribution >= 0.6 is 0 Å². The molecule has 0 saturated carbocycles. The predicted octanol–water partition coefficient (Wildman–Crippen LogP) is 2.06. The van der Waals surface area contributed by atoms with E-state index in [4.69, 9.17) is 4.52 Å². The summed E-state index contributed by atoms with van der Waals surface area (Å²) in [5.74, 6) is 1.37. The normalized spacial score (nSPS) is 16.9. The predicted molar refractivity (Wildman–Crippen MR) is 77.2 cm³/mol. The molecule has 112 valence electrons. The quantitative estimate of drug-likeness (QED) is 0.828. The van der Waals surface area contributed by atoms with Gasteiger partial charge in [-0.15, -0.1) is 0 Å². The molecule has 1 aromatic rings. The second-order valence-electron chi connectivity index (χ2n) is 5.54. The molecule has 0 spiro atoms. The van der Waals surface area contributed by atoms with Gasteiger partial charge in [-0.2, -0.15) is 0 Å². The molecule has 0 aromatic carbocycles. The van der Waals surface area contributed by atoms with Gasteiger partial charge in [0.2, 0.25) is 5.91 Å². The lowest BCUT2D eigenvalue weighted by molar-refractivity contribution is -0.137. The summed E-state index contributed by atoms with van der Waals surface area (Å²) >= 11 is 0. The summed E-state index contributed by atoms with van der Waals surface area (Å²) in [6.45, 7) is 10.4. The molecule has 1 saturated heterocycles. The Morgan fingerprint density at radius 3 is 2.45 bits per heavy atom. The average Bonchev–Trinajstić information content (AvgIpc) is 2.86. The van der Waals surface area contributed by atoms with E-state index < -0.39 is 0 Å². The minimum Gasteiger partial charge on any atom is -0.361 e. The SMILES string of the molecule is CCC(CC)C(=O)N1CCN(Cc2cc(C)on2)CC1. The Balaban J connectivity index is 1.81. The van der Waals surface area contributed by atoms with E-state index >= 15 is 0 Å². The summed E-state index contributed by atoms with van der Waals surface area (Å²) in [5.41, 5.74) is 0.974. The van der Waals surface area contributed by atoms with E-state index in [-0.39, 0.29) is 5.92 Å². The number of hydrogen-bond donors (Lipinski definition) is 0. The van der Waals surface area contributed by atoms with E-state index in [9.17, 15) is 4.79 Å². The van der Waals surface area contributed by atoms with E-state index in [2.05, 4.69) is 23.9 Å². The number of piperazine rings is 1. The second kappa shape index (κ2) is 6.88. The molecular weight excluding hydrogens is 254 g/mol. The maximum atomic E-state index is 12.3. The molecule has 0 radical (unpaired) electrons. The van der Waals surface area contributed by atoms with Gasteiger partial charge in [-0.3, -0.25) is 9.69 Å². The van der Waals surface area contributed by atoms with Crippen LogP contribution in [0.2, 0.25) is 0 Å². The van der Waals surface area contributed by atoms with Crippen LogP contribution in [0.3, 0.4) is 0 Å². The van der Waals surface area contributed by atoms with Crippen molar-refractivity contribution in [2.45, 2.75) is 40.2 Å². The second-order valence-corrected chi connectivity index (χ2v) is 5.54. The third-order valence-electron chi connectivity index (χ3n) is 4.08. The van der Waals surface area contributed by atoms with Crippen LogP contribution in [0.5, 0.6) is 0 Å². The lowest BCUT2D eigenvalue weighted by atomic mass is 10.0. The maximum Gasteiger partial charge on any atom is 0.225 e. The fourth-order valence-corrected chi connectivity index (χ4v) is 2.74. The van der Waals surface area contributed by atoms with Crippen molar-refractivity contribution in [1.82, 2.24) is 15.0 Å². The maximum absolute atomic E-state index is 12.3. The van der Waals surface area contributed by atoms with Gasteiger partial charge in [0, 0.05) is 44.7 Å². The first-order chi connectivity index (χ1) is 9.63. The smallest absolute Gasteiger partial charge is 0.225 e. The number of amides is 1. The van der Waals surface area contributed by atoms with E-state index in [0.29, 0.717) is 5.91 Å². The van der Waals surface area contributed by atoms with Crippen molar-refractivity contribution >= 4 is 5.91 Å². The van der Waals surface area contributed by atoms with Crippen molar-refractivity contribution in [3.8, 4) is 0 Å². The number of aromatic nitrogens is 1. The Hall–Kier alpha value is -1.36. The van der Waals surface area contributed by atoms with Gasteiger partial charge in [0.25, 0.3) is 0 Å². The largest absolute Gasteiger partial charge is 0.361 e. The monoisotopic (exact) mass is 279 g/mol. The Bertz CT molecular complexity index is 432. The minimum atomic E-state index is 0.194. The van der Waals surface area contributed by atoms with Gasteiger partial charge in [-0.25, -0.2) is 0 Å². The van der Waals surface area contributed by atoms with Crippen LogP contribution in [-0.2, 0) is 11.3 Å². The molecule has 0 N–H and O–H groups in total. The molecule has 20 heavy (non-hydrogen) atoms. The molecule has 1 fully saturated rings. The van der Waals surface area contributed by atoms with E-state index in [1.165, 1.54) is 0 Å². The van der Waals surface area contributed by atoms with Crippen LogP contribution in [0.1, 0.15) is 38.1 Å². The van der Waals surface area contributed by atoms with Gasteiger partial charge >= 0.3 is 0 Å². The van der Waals surface area contributed by atoms with E-state index in [1.807, 2.05) is 17.9 Å². The Morgan fingerprint density at radius 1 is 1.30 bits per heavy atom. The van der Waals surface area contributed by atoms with Crippen LogP contribution in [0.25, 0.3) is 0 Å². The standard InChI is InChI=1S/C15H25N3O2/c1-4-13(5-2)15(19)18-8-6-17(7-9-18)11-14-10-12(3)20-16-14/h10,13H,4-9,11H2,1-3H3. The third-order valence-corrected chi connectivity index (χ3v) is 4.08. The van der Waals surface area contributed by atoms with Gasteiger partial charge in [-0.05, 0) is 19.8 Å². The van der Waals surface area contributed by atoms with Crippen molar-refractivity contribution in [3.63, 3.8) is 0 Å². The lowest BCUT2D eigenvalue weighted by Crippen LogP contribution is -2.49. The van der Waals surface area contributed by atoms with Crippen molar-refractivity contribution in [2.75, 3.05) is 26.2 Å². The zero-order valence-corrected chi connectivity index (χ0v) is 12.8. The summed E-state index contributed by atoms with van der Waals surface area (Å²) < 4.78 is 5.08. The van der Waals surface area contributed by atoms with E-state index in [1.54, 1.807) is 0 Å². The summed E-state index contributed by atoms with van der Waals surface area (Å²) in [7, 11) is 0. The lowest BCUT2D eigenvalue weighted by Gasteiger charge is -2.35. The zero-order chi connectivity index (χ0) is 14.5. The topological polar surface area (TPSA) is 49.6 Å². The highest BCUT2D eigenvalue weighted by Gasteiger charge is 2.25. The highest BCUT2D eigenvalue weighted by molar-refractivity contribution is 5.78. The van der Waals surface area contributed by atoms with Crippen LogP contribution in [0.15, 0.2) is 10.6 Å². The molecule has 1 amide bonds. The van der Waals surface area contributed by atoms with Crippen LogP contribution < -0.4 is 0 Å². The molecule has 0 unspecified atom stereocenters. The van der Waals surface area contributed by atoms with Gasteiger partial charge in [-0.1, -0.05) is 19.0 Å². The average molecular weight is 279 g/mol. The van der Waals surface area contributed by atoms with Crippen molar-refractivity contribution < 1.29 is 9.32 Å². The van der Waals surface area contributed by atoms with Gasteiger partial charge in [0.05, 0.1) is 5.69 Å². The molecule has 0 aliphatic carbocycles. The summed E-state index contributed by atoms with van der Waals surface area (Å²) in [5, 5.41) is 4.02. The number of nitrogens with zero attached hydrogens (tertiary/aromatic N) is 3. The summed E-state index contributed by atoms with van der Waals surface area (Å²) in [6.07, 6.45) is 1.88. The number of carbonyl (C=O) groups excluding carboxylic acids is 1. The molecule has 2 heterocycles. The zero-order valence-electron chi connectivity index (χ0n) is 12.8. The van der Waals surface area contributed by atoms with E-state index in [0.717, 1.165) is 57.0 Å². The number of rotatable bonds is 5. The molecule has 5 heteroatoms. The number of aryl methyl sites for hydroxylation is 1. The Labute approximate surface area is 120 Å². The first kappa shape index (κ1) is 15.0. The van der Waals surface area contributed by atoms with Crippen molar-refractivity contribution in [2.24, 2.45) is 5.92 Å². The molecule has 0 bridgehead atoms. The van der Waals surface area contributed by atoms with Crippen LogP contribution in [0, 0.1) is 12.8 Å². The molecule has 2 rings (SSSR count). The molecule has 1 aliphatic heterocycles. The molecule has 1 aliphatic rings. The minimum absolute atomic E-state index is 0.194. The molecular formula is C15H25N3O2. The Kier molecular flexibility index (Phi) is 5.17. The van der Waals surface area contributed by atoms with Gasteiger partial charge in [0.15, 0.2) is 0 Å². The first-order valence-corrected chi connectivity index (χ1v) is 7.57. The Morgan fingerprint density at radius 2 is 1.95 bits per heavy atom. The van der Waals surface area contributed by atoms with Crippen LogP contribution in [-0.4, -0.2) is 47.0 Å². The van der Waals surface area contributed by atoms with Gasteiger partial charge in [0.1, 0.15) is 5.76 Å². The highest BCUT2D eigenvalue weighted by atomic mass is 16.5. The first-order valence-electron chi connectivity index (χ1n) is 7.57. The fraction of sp³-hybridized carbons (Fsp3) is 0.733. The van der Waals surface area contributed by atoms with Crippen molar-refractivity contribution in [3.05, 3.63) is 17.5 Å². The molecule has 1 aromatic heterocycles. The molecule has 5 nitrogen and oxygen atoms in total. The van der Waals surface area contributed by atoms with Gasteiger partial charge < -0.3 is 9.42 Å². The fourth-order valence-electron chi connectivity index (χ4n) is 2.74.